The van der Waals surface area contributed by atoms with Crippen molar-refractivity contribution in [2.45, 2.75) is 20.3 Å². The van der Waals surface area contributed by atoms with Crippen LogP contribution in [0.4, 0.5) is 0 Å². The summed E-state index contributed by atoms with van der Waals surface area (Å²) in [5.74, 6) is 0.817. The fourth-order valence-corrected chi connectivity index (χ4v) is 1.44. The molecule has 0 aliphatic carbocycles. The summed E-state index contributed by atoms with van der Waals surface area (Å²) in [6, 6.07) is 0. The summed E-state index contributed by atoms with van der Waals surface area (Å²) in [5, 5.41) is 6.84. The van der Waals surface area contributed by atoms with Crippen molar-refractivity contribution >= 4 is 5.91 Å². The molecule has 1 N–H and O–H groups in total. The van der Waals surface area contributed by atoms with E-state index in [2.05, 4.69) is 10.5 Å². The third-order valence-corrected chi connectivity index (χ3v) is 2.63. The van der Waals surface area contributed by atoms with Crippen LogP contribution in [0.5, 0.6) is 0 Å². The molecule has 5 nitrogen and oxygen atoms in total. The molecule has 5 heteroatoms. The summed E-state index contributed by atoms with van der Waals surface area (Å²) < 4.78 is 5.02. The summed E-state index contributed by atoms with van der Waals surface area (Å²) in [5.41, 5.74) is 1.70. The number of hydrogen-bond acceptors (Lipinski definition) is 4. The average Bonchev–Trinajstić information content (AvgIpc) is 2.57. The molecule has 0 bridgehead atoms. The van der Waals surface area contributed by atoms with Gasteiger partial charge in [0, 0.05) is 25.7 Å². The monoisotopic (exact) mass is 225 g/mol. The highest BCUT2D eigenvalue weighted by atomic mass is 16.5. The molecule has 1 heterocycles. The number of nitrogens with one attached hydrogen (secondary N) is 1. The Hall–Kier alpha value is -1.36. The number of carbonyl (C=O) groups excluding carboxylic acids is 1. The zero-order chi connectivity index (χ0) is 12.1. The molecule has 0 saturated carbocycles. The summed E-state index contributed by atoms with van der Waals surface area (Å²) in [6.07, 6.45) is 0.362. The normalized spacial score (nSPS) is 10.5. The van der Waals surface area contributed by atoms with E-state index in [1.54, 1.807) is 11.9 Å². The number of carbonyl (C=O) groups is 1. The Morgan fingerprint density at radius 2 is 2.19 bits per heavy atom. The van der Waals surface area contributed by atoms with Crippen LogP contribution in [-0.4, -0.2) is 43.1 Å². The van der Waals surface area contributed by atoms with Gasteiger partial charge in [-0.2, -0.15) is 0 Å². The van der Waals surface area contributed by atoms with Gasteiger partial charge in [0.25, 0.3) is 0 Å². The van der Waals surface area contributed by atoms with Crippen molar-refractivity contribution in [3.63, 3.8) is 0 Å². The minimum Gasteiger partial charge on any atom is -0.361 e. The predicted octanol–water partition coefficient (Wildman–Crippen LogP) is 0.512. The second kappa shape index (κ2) is 5.65. The molecule has 0 fully saturated rings. The van der Waals surface area contributed by atoms with Crippen molar-refractivity contribution in [2.75, 3.05) is 27.2 Å². The smallest absolute Gasteiger partial charge is 0.226 e. The Balaban J connectivity index is 2.57. The summed E-state index contributed by atoms with van der Waals surface area (Å²) in [6.45, 7) is 5.19. The van der Waals surface area contributed by atoms with E-state index >= 15 is 0 Å². The maximum atomic E-state index is 11.8. The van der Waals surface area contributed by atoms with Crippen molar-refractivity contribution in [3.05, 3.63) is 17.0 Å². The Morgan fingerprint density at radius 3 is 2.69 bits per heavy atom. The number of hydrogen-bond donors (Lipinski definition) is 1. The third-order valence-electron chi connectivity index (χ3n) is 2.63. The highest BCUT2D eigenvalue weighted by molar-refractivity contribution is 5.78. The van der Waals surface area contributed by atoms with Gasteiger partial charge >= 0.3 is 0 Å². The first kappa shape index (κ1) is 12.7. The van der Waals surface area contributed by atoms with Gasteiger partial charge in [-0.3, -0.25) is 4.79 Å². The first-order chi connectivity index (χ1) is 7.56. The number of aryl methyl sites for hydroxylation is 2. The molecule has 90 valence electrons. The zero-order valence-corrected chi connectivity index (χ0v) is 10.3. The molecule has 0 spiro atoms. The van der Waals surface area contributed by atoms with E-state index < -0.39 is 0 Å². The first-order valence-corrected chi connectivity index (χ1v) is 5.36. The Labute approximate surface area is 95.8 Å². The van der Waals surface area contributed by atoms with Crippen molar-refractivity contribution in [1.29, 1.82) is 0 Å². The van der Waals surface area contributed by atoms with E-state index in [-0.39, 0.29) is 5.91 Å². The Kier molecular flexibility index (Phi) is 4.49. The topological polar surface area (TPSA) is 58.4 Å². The van der Waals surface area contributed by atoms with E-state index in [4.69, 9.17) is 4.52 Å². The number of likely N-dealkylation sites (N-methyl/N-ethyl adjacent to an activating group) is 2. The molecule has 1 aromatic rings. The van der Waals surface area contributed by atoms with E-state index in [1.807, 2.05) is 20.9 Å². The lowest BCUT2D eigenvalue weighted by Gasteiger charge is -2.16. The molecule has 16 heavy (non-hydrogen) atoms. The van der Waals surface area contributed by atoms with Crippen LogP contribution in [-0.2, 0) is 11.2 Å². The van der Waals surface area contributed by atoms with Gasteiger partial charge < -0.3 is 14.7 Å². The van der Waals surface area contributed by atoms with E-state index in [9.17, 15) is 4.79 Å². The van der Waals surface area contributed by atoms with Crippen molar-refractivity contribution in [3.8, 4) is 0 Å². The van der Waals surface area contributed by atoms with Crippen LogP contribution >= 0.6 is 0 Å². The second-order valence-corrected chi connectivity index (χ2v) is 3.90. The molecule has 1 aromatic heterocycles. The van der Waals surface area contributed by atoms with Crippen molar-refractivity contribution in [2.24, 2.45) is 0 Å². The molecule has 1 rings (SSSR count). The van der Waals surface area contributed by atoms with E-state index in [0.717, 1.165) is 23.6 Å². The van der Waals surface area contributed by atoms with Crippen LogP contribution < -0.4 is 5.32 Å². The third kappa shape index (κ3) is 3.06. The van der Waals surface area contributed by atoms with Gasteiger partial charge in [-0.15, -0.1) is 0 Å². The van der Waals surface area contributed by atoms with Crippen molar-refractivity contribution in [1.82, 2.24) is 15.4 Å². The predicted molar refractivity (Wildman–Crippen MR) is 61.2 cm³/mol. The highest BCUT2D eigenvalue weighted by Crippen LogP contribution is 2.13. The van der Waals surface area contributed by atoms with Crippen LogP contribution in [0.1, 0.15) is 17.0 Å². The van der Waals surface area contributed by atoms with Gasteiger partial charge in [0.1, 0.15) is 5.76 Å². The quantitative estimate of drug-likeness (QED) is 0.793. The molecule has 0 aliphatic heterocycles. The van der Waals surface area contributed by atoms with Gasteiger partial charge in [0.2, 0.25) is 5.91 Å². The molecule has 0 radical (unpaired) electrons. The Bertz CT molecular complexity index is 341. The molecular weight excluding hydrogens is 206 g/mol. The summed E-state index contributed by atoms with van der Waals surface area (Å²) >= 11 is 0. The van der Waals surface area contributed by atoms with E-state index in [1.165, 1.54) is 0 Å². The van der Waals surface area contributed by atoms with Gasteiger partial charge in [-0.25, -0.2) is 0 Å². The lowest BCUT2D eigenvalue weighted by atomic mass is 10.1. The van der Waals surface area contributed by atoms with Crippen molar-refractivity contribution < 1.29 is 9.32 Å². The van der Waals surface area contributed by atoms with Gasteiger partial charge in [0.15, 0.2) is 0 Å². The number of rotatable bonds is 5. The van der Waals surface area contributed by atoms with Crippen LogP contribution in [0.25, 0.3) is 0 Å². The number of aromatic nitrogens is 1. The van der Waals surface area contributed by atoms with Crippen LogP contribution in [0.3, 0.4) is 0 Å². The van der Waals surface area contributed by atoms with Crippen LogP contribution in [0, 0.1) is 13.8 Å². The lowest BCUT2D eigenvalue weighted by molar-refractivity contribution is -0.129. The molecule has 0 unspecified atom stereocenters. The van der Waals surface area contributed by atoms with Crippen LogP contribution in [0.15, 0.2) is 4.52 Å². The highest BCUT2D eigenvalue weighted by Gasteiger charge is 2.15. The van der Waals surface area contributed by atoms with Gasteiger partial charge in [-0.1, -0.05) is 5.16 Å². The summed E-state index contributed by atoms with van der Waals surface area (Å²) in [7, 11) is 3.67. The molecule has 1 amide bonds. The minimum absolute atomic E-state index is 0.0876. The molecule has 0 saturated heterocycles. The lowest BCUT2D eigenvalue weighted by Crippen LogP contribution is -2.33. The molecule has 0 aliphatic rings. The maximum Gasteiger partial charge on any atom is 0.226 e. The molecule has 0 atom stereocenters. The minimum atomic E-state index is 0.0876. The largest absolute Gasteiger partial charge is 0.361 e. The Morgan fingerprint density at radius 1 is 1.50 bits per heavy atom. The standard InChI is InChI=1S/C11H19N3O2/c1-8-10(9(2)16-13-8)7-11(15)14(4)6-5-12-3/h12H,5-7H2,1-4H3. The van der Waals surface area contributed by atoms with Gasteiger partial charge in [-0.05, 0) is 20.9 Å². The molecular formula is C11H19N3O2. The number of nitrogens with zero attached hydrogens (tertiary/aromatic N) is 2. The second-order valence-electron chi connectivity index (χ2n) is 3.90. The average molecular weight is 225 g/mol. The fourth-order valence-electron chi connectivity index (χ4n) is 1.44. The number of amides is 1. The SMILES string of the molecule is CNCCN(C)C(=O)Cc1c(C)noc1C. The maximum absolute atomic E-state index is 11.8. The molecule has 0 aromatic carbocycles. The zero-order valence-electron chi connectivity index (χ0n) is 10.3. The van der Waals surface area contributed by atoms with E-state index in [0.29, 0.717) is 13.0 Å². The fraction of sp³-hybridized carbons (Fsp3) is 0.636. The summed E-state index contributed by atoms with van der Waals surface area (Å²) in [4.78, 5) is 13.6. The first-order valence-electron chi connectivity index (χ1n) is 5.36. The van der Waals surface area contributed by atoms with Gasteiger partial charge in [0.05, 0.1) is 12.1 Å². The van der Waals surface area contributed by atoms with Crippen LogP contribution in [0.2, 0.25) is 0 Å².